The standard InChI is InChI=1S/C24H27N5.2C2H6/c1-16-14-19(15-22(25)17(16)2)27-29-24-13-12-23(20-10-6-7-11-21(20)24)28-26-18-8-4-3-5-9-18;2*1-2/h6-7,10-15,18H,3-5,8-9,25H2,1-2H3;2*1-2H3. The number of nitrogens with two attached hydrogens (primary N) is 1. The van der Waals surface area contributed by atoms with Crippen LogP contribution in [0.15, 0.2) is 69.0 Å². The average Bonchev–Trinajstić information content (AvgIpc) is 2.88. The Morgan fingerprint density at radius 2 is 1.30 bits per heavy atom. The van der Waals surface area contributed by atoms with Crippen molar-refractivity contribution >= 4 is 33.5 Å². The summed E-state index contributed by atoms with van der Waals surface area (Å²) >= 11 is 0. The number of azo groups is 2. The molecule has 1 fully saturated rings. The molecule has 0 heterocycles. The van der Waals surface area contributed by atoms with Gasteiger partial charge >= 0.3 is 0 Å². The summed E-state index contributed by atoms with van der Waals surface area (Å²) in [5, 5.41) is 20.2. The van der Waals surface area contributed by atoms with Gasteiger partial charge in [-0.15, -0.1) is 5.11 Å². The van der Waals surface area contributed by atoms with Gasteiger partial charge < -0.3 is 5.73 Å². The maximum Gasteiger partial charge on any atom is 0.0936 e. The van der Waals surface area contributed by atoms with Crippen LogP contribution in [-0.4, -0.2) is 6.04 Å². The second-order valence-electron chi connectivity index (χ2n) is 7.83. The number of anilines is 1. The number of benzene rings is 3. The van der Waals surface area contributed by atoms with Crippen molar-refractivity contribution in [2.75, 3.05) is 5.73 Å². The Kier molecular flexibility index (Phi) is 10.7. The summed E-state index contributed by atoms with van der Waals surface area (Å²) in [7, 11) is 0. The molecule has 1 saturated carbocycles. The van der Waals surface area contributed by atoms with Gasteiger partial charge in [0.05, 0.1) is 23.1 Å². The number of fused-ring (bicyclic) bond motifs is 1. The molecule has 1 aliphatic rings. The molecule has 0 aromatic heterocycles. The smallest absolute Gasteiger partial charge is 0.0936 e. The van der Waals surface area contributed by atoms with Gasteiger partial charge in [0, 0.05) is 16.5 Å². The monoisotopic (exact) mass is 445 g/mol. The van der Waals surface area contributed by atoms with Crippen molar-refractivity contribution < 1.29 is 0 Å². The van der Waals surface area contributed by atoms with E-state index < -0.39 is 0 Å². The van der Waals surface area contributed by atoms with Crippen molar-refractivity contribution in [1.82, 2.24) is 0 Å². The van der Waals surface area contributed by atoms with Gasteiger partial charge in [0.25, 0.3) is 0 Å². The minimum Gasteiger partial charge on any atom is -0.398 e. The van der Waals surface area contributed by atoms with E-state index in [1.165, 1.54) is 19.3 Å². The third-order valence-corrected chi connectivity index (χ3v) is 5.75. The van der Waals surface area contributed by atoms with Gasteiger partial charge in [-0.3, -0.25) is 0 Å². The van der Waals surface area contributed by atoms with Crippen LogP contribution in [0.25, 0.3) is 10.8 Å². The molecule has 5 heteroatoms. The summed E-state index contributed by atoms with van der Waals surface area (Å²) in [6, 6.07) is 16.3. The lowest BCUT2D eigenvalue weighted by atomic mass is 9.96. The van der Waals surface area contributed by atoms with Crippen molar-refractivity contribution in [3.63, 3.8) is 0 Å². The highest BCUT2D eigenvalue weighted by Gasteiger charge is 2.12. The van der Waals surface area contributed by atoms with Crippen LogP contribution in [0.2, 0.25) is 0 Å². The van der Waals surface area contributed by atoms with Crippen LogP contribution in [0.5, 0.6) is 0 Å². The molecule has 0 saturated heterocycles. The minimum atomic E-state index is 0.358. The Bertz CT molecular complexity index is 1060. The van der Waals surface area contributed by atoms with E-state index in [0.29, 0.717) is 6.04 Å². The molecule has 0 atom stereocenters. The molecule has 0 amide bonds. The first-order valence-corrected chi connectivity index (χ1v) is 12.3. The number of aryl methyl sites for hydroxylation is 1. The molecule has 0 radical (unpaired) electrons. The first-order chi connectivity index (χ1) is 16.1. The molecule has 0 aliphatic heterocycles. The molecule has 2 N–H and O–H groups in total. The van der Waals surface area contributed by atoms with E-state index in [-0.39, 0.29) is 0 Å². The molecule has 0 bridgehead atoms. The van der Waals surface area contributed by atoms with Crippen LogP contribution in [0.4, 0.5) is 22.7 Å². The van der Waals surface area contributed by atoms with Crippen molar-refractivity contribution in [2.45, 2.75) is 79.7 Å². The van der Waals surface area contributed by atoms with Gasteiger partial charge in [-0.2, -0.15) is 15.3 Å². The van der Waals surface area contributed by atoms with Gasteiger partial charge in [0.1, 0.15) is 0 Å². The Balaban J connectivity index is 0.000000914. The van der Waals surface area contributed by atoms with Gasteiger partial charge in [-0.05, 0) is 62.1 Å². The molecule has 0 spiro atoms. The maximum atomic E-state index is 6.07. The van der Waals surface area contributed by atoms with Crippen molar-refractivity contribution in [2.24, 2.45) is 20.5 Å². The Hall–Kier alpha value is -3.08. The van der Waals surface area contributed by atoms with Gasteiger partial charge in [-0.25, -0.2) is 0 Å². The molecule has 0 unspecified atom stereocenters. The summed E-state index contributed by atoms with van der Waals surface area (Å²) in [6.07, 6.45) is 6.12. The molecule has 33 heavy (non-hydrogen) atoms. The highest BCUT2D eigenvalue weighted by Crippen LogP contribution is 2.35. The van der Waals surface area contributed by atoms with E-state index in [2.05, 4.69) is 32.6 Å². The van der Waals surface area contributed by atoms with Crippen molar-refractivity contribution in [3.8, 4) is 0 Å². The lowest BCUT2D eigenvalue weighted by molar-refractivity contribution is 0.432. The number of hydrogen-bond acceptors (Lipinski definition) is 5. The van der Waals surface area contributed by atoms with Crippen molar-refractivity contribution in [3.05, 3.63) is 59.7 Å². The van der Waals surface area contributed by atoms with E-state index >= 15 is 0 Å². The normalized spacial score (nSPS) is 14.1. The summed E-state index contributed by atoms with van der Waals surface area (Å²) in [5.41, 5.74) is 11.5. The molecule has 4 rings (SSSR count). The van der Waals surface area contributed by atoms with Gasteiger partial charge in [-0.1, -0.05) is 71.2 Å². The third kappa shape index (κ3) is 6.95. The molecular formula is C28H39N5. The van der Waals surface area contributed by atoms with Crippen LogP contribution >= 0.6 is 0 Å². The maximum absolute atomic E-state index is 6.07. The fraction of sp³-hybridized carbons (Fsp3) is 0.429. The zero-order valence-corrected chi connectivity index (χ0v) is 21.1. The summed E-state index contributed by atoms with van der Waals surface area (Å²) in [5.74, 6) is 0. The van der Waals surface area contributed by atoms with E-state index in [1.807, 2.05) is 77.9 Å². The highest BCUT2D eigenvalue weighted by atomic mass is 15.1. The zero-order chi connectivity index (χ0) is 24.2. The largest absolute Gasteiger partial charge is 0.398 e. The van der Waals surface area contributed by atoms with Crippen LogP contribution in [-0.2, 0) is 0 Å². The lowest BCUT2D eigenvalue weighted by Gasteiger charge is -2.16. The topological polar surface area (TPSA) is 75.5 Å². The van der Waals surface area contributed by atoms with Crippen LogP contribution in [0, 0.1) is 13.8 Å². The van der Waals surface area contributed by atoms with E-state index in [1.54, 1.807) is 0 Å². The Labute approximate surface area is 199 Å². The first-order valence-electron chi connectivity index (χ1n) is 12.3. The number of nitrogens with zero attached hydrogens (tertiary/aromatic N) is 4. The predicted octanol–water partition coefficient (Wildman–Crippen LogP) is 9.92. The average molecular weight is 446 g/mol. The molecule has 1 aliphatic carbocycles. The summed E-state index contributed by atoms with van der Waals surface area (Å²) < 4.78 is 0. The minimum absolute atomic E-state index is 0.358. The molecule has 5 nitrogen and oxygen atoms in total. The van der Waals surface area contributed by atoms with Crippen LogP contribution in [0.3, 0.4) is 0 Å². The fourth-order valence-corrected chi connectivity index (χ4v) is 3.82. The molecular weight excluding hydrogens is 406 g/mol. The zero-order valence-electron chi connectivity index (χ0n) is 21.1. The summed E-state index contributed by atoms with van der Waals surface area (Å²) in [6.45, 7) is 12.0. The van der Waals surface area contributed by atoms with Gasteiger partial charge in [0.2, 0.25) is 0 Å². The first kappa shape index (κ1) is 26.2. The quantitative estimate of drug-likeness (QED) is 0.315. The van der Waals surface area contributed by atoms with Gasteiger partial charge in [0.15, 0.2) is 0 Å². The highest BCUT2D eigenvalue weighted by molar-refractivity contribution is 5.99. The summed E-state index contributed by atoms with van der Waals surface area (Å²) in [4.78, 5) is 0. The predicted molar refractivity (Wildman–Crippen MR) is 143 cm³/mol. The number of hydrogen-bond donors (Lipinski definition) is 1. The molecule has 176 valence electrons. The van der Waals surface area contributed by atoms with Crippen molar-refractivity contribution in [1.29, 1.82) is 0 Å². The molecule has 3 aromatic rings. The Morgan fingerprint density at radius 3 is 1.88 bits per heavy atom. The van der Waals surface area contributed by atoms with Crippen LogP contribution in [0.1, 0.15) is 70.9 Å². The number of nitrogen functional groups attached to an aromatic ring is 1. The Morgan fingerprint density at radius 1 is 0.727 bits per heavy atom. The van der Waals surface area contributed by atoms with Crippen LogP contribution < -0.4 is 5.73 Å². The SMILES string of the molecule is CC.CC.Cc1cc(N=Nc2ccc(N=NC3CCCCC3)c3ccccc23)cc(N)c1C. The fourth-order valence-electron chi connectivity index (χ4n) is 3.82. The lowest BCUT2D eigenvalue weighted by Crippen LogP contribution is -2.08. The van der Waals surface area contributed by atoms with E-state index in [4.69, 9.17) is 5.73 Å². The van der Waals surface area contributed by atoms with E-state index in [0.717, 1.165) is 57.5 Å². The third-order valence-electron chi connectivity index (χ3n) is 5.75. The second-order valence-corrected chi connectivity index (χ2v) is 7.83. The molecule has 3 aromatic carbocycles. The van der Waals surface area contributed by atoms with E-state index in [9.17, 15) is 0 Å². The second kappa shape index (κ2) is 13.5. The number of rotatable bonds is 4.